The van der Waals surface area contributed by atoms with Gasteiger partial charge in [0.1, 0.15) is 5.82 Å². The average Bonchev–Trinajstić information content (AvgIpc) is 2.57. The number of hydrogen-bond donors (Lipinski definition) is 2. The number of carbonyl (C=O) groups is 2. The van der Waals surface area contributed by atoms with E-state index in [1.165, 1.54) is 24.3 Å². The van der Waals surface area contributed by atoms with Crippen LogP contribution in [-0.2, 0) is 14.3 Å². The molecule has 23 heavy (non-hydrogen) atoms. The van der Waals surface area contributed by atoms with Crippen LogP contribution in [0.25, 0.3) is 0 Å². The molecule has 0 unspecified atom stereocenters. The van der Waals surface area contributed by atoms with E-state index >= 15 is 0 Å². The van der Waals surface area contributed by atoms with Gasteiger partial charge in [0.15, 0.2) is 0 Å². The van der Waals surface area contributed by atoms with Gasteiger partial charge in [-0.2, -0.15) is 0 Å². The fraction of sp³-hybridized carbons (Fsp3) is 0.294. The van der Waals surface area contributed by atoms with Gasteiger partial charge in [-0.25, -0.2) is 4.39 Å². The fourth-order valence-corrected chi connectivity index (χ4v) is 2.20. The smallest absolute Gasteiger partial charge is 0.248 e. The molecule has 1 aliphatic heterocycles. The zero-order valence-corrected chi connectivity index (χ0v) is 12.7. The Morgan fingerprint density at radius 2 is 1.96 bits per heavy atom. The molecule has 1 heterocycles. The van der Waals surface area contributed by atoms with Crippen LogP contribution in [0.4, 0.5) is 15.8 Å². The molecule has 1 aromatic rings. The van der Waals surface area contributed by atoms with Crippen LogP contribution >= 0.6 is 0 Å². The number of benzene rings is 1. The summed E-state index contributed by atoms with van der Waals surface area (Å²) in [5, 5.41) is 4.98. The summed E-state index contributed by atoms with van der Waals surface area (Å²) in [5.41, 5.74) is 0.383. The van der Waals surface area contributed by atoms with Crippen molar-refractivity contribution in [2.45, 2.75) is 12.8 Å². The number of anilines is 2. The first-order valence-electron chi connectivity index (χ1n) is 7.38. The largest absolute Gasteiger partial charge is 0.381 e. The van der Waals surface area contributed by atoms with Crippen LogP contribution in [0.2, 0.25) is 0 Å². The first-order valence-corrected chi connectivity index (χ1v) is 7.38. The molecule has 2 amide bonds. The normalized spacial score (nSPS) is 15.3. The van der Waals surface area contributed by atoms with Gasteiger partial charge < -0.3 is 15.4 Å². The second-order valence-electron chi connectivity index (χ2n) is 5.19. The minimum absolute atomic E-state index is 0.0129. The van der Waals surface area contributed by atoms with E-state index < -0.39 is 11.7 Å². The molecule has 1 aliphatic rings. The van der Waals surface area contributed by atoms with E-state index in [0.717, 1.165) is 18.9 Å². The van der Waals surface area contributed by atoms with E-state index in [9.17, 15) is 14.0 Å². The zero-order valence-electron chi connectivity index (χ0n) is 12.7. The van der Waals surface area contributed by atoms with Crippen molar-refractivity contribution in [2.75, 3.05) is 23.8 Å². The number of rotatable bonds is 5. The highest BCUT2D eigenvalue weighted by Gasteiger charge is 2.11. The molecule has 0 saturated carbocycles. The van der Waals surface area contributed by atoms with Gasteiger partial charge in [0.2, 0.25) is 11.8 Å². The lowest BCUT2D eigenvalue weighted by molar-refractivity contribution is -0.112. The minimum atomic E-state index is -0.587. The van der Waals surface area contributed by atoms with Crippen LogP contribution in [0.5, 0.6) is 0 Å². The third-order valence-corrected chi connectivity index (χ3v) is 3.46. The van der Waals surface area contributed by atoms with Gasteiger partial charge in [-0.05, 0) is 49.1 Å². The lowest BCUT2D eigenvalue weighted by atomic mass is 10.00. The van der Waals surface area contributed by atoms with E-state index in [4.69, 9.17) is 4.74 Å². The van der Waals surface area contributed by atoms with Gasteiger partial charge in [0.05, 0.1) is 5.69 Å². The summed E-state index contributed by atoms with van der Waals surface area (Å²) in [7, 11) is 0. The molecule has 1 aromatic carbocycles. The number of ether oxygens (including phenoxy) is 1. The van der Waals surface area contributed by atoms with Crippen LogP contribution in [0.3, 0.4) is 0 Å². The highest BCUT2D eigenvalue weighted by Crippen LogP contribution is 2.20. The quantitative estimate of drug-likeness (QED) is 0.820. The standard InChI is InChI=1S/C17H19FN2O3/c1-2-16(21)20-15-11-13(4-5-14(15)18)19-17(22)6-3-12-7-9-23-10-8-12/h2-6,11-12H,1,7-10H2,(H,19,22)(H,20,21)/b6-3+. The molecular formula is C17H19FN2O3. The van der Waals surface area contributed by atoms with Crippen molar-refractivity contribution in [1.82, 2.24) is 0 Å². The highest BCUT2D eigenvalue weighted by atomic mass is 19.1. The summed E-state index contributed by atoms with van der Waals surface area (Å²) in [6.45, 7) is 4.72. The second kappa shape index (κ2) is 8.24. The molecule has 6 heteroatoms. The van der Waals surface area contributed by atoms with Gasteiger partial charge >= 0.3 is 0 Å². The first kappa shape index (κ1) is 16.9. The molecule has 0 radical (unpaired) electrons. The van der Waals surface area contributed by atoms with Gasteiger partial charge in [-0.15, -0.1) is 0 Å². The Labute approximate surface area is 134 Å². The Kier molecular flexibility index (Phi) is 6.05. The summed E-state index contributed by atoms with van der Waals surface area (Å²) < 4.78 is 18.9. The molecule has 0 atom stereocenters. The number of nitrogens with one attached hydrogen (secondary N) is 2. The number of halogens is 1. The van der Waals surface area contributed by atoms with Gasteiger partial charge in [0, 0.05) is 18.9 Å². The van der Waals surface area contributed by atoms with Crippen LogP contribution < -0.4 is 10.6 Å². The van der Waals surface area contributed by atoms with Crippen LogP contribution in [0.1, 0.15) is 12.8 Å². The van der Waals surface area contributed by atoms with Crippen molar-refractivity contribution < 1.29 is 18.7 Å². The minimum Gasteiger partial charge on any atom is -0.381 e. The highest BCUT2D eigenvalue weighted by molar-refractivity contribution is 6.01. The summed E-state index contributed by atoms with van der Waals surface area (Å²) in [6.07, 6.45) is 6.18. The van der Waals surface area contributed by atoms with E-state index in [1.54, 1.807) is 0 Å². The SMILES string of the molecule is C=CC(=O)Nc1cc(NC(=O)/C=C/C2CCOCC2)ccc1F. The lowest BCUT2D eigenvalue weighted by Gasteiger charge is -2.18. The Balaban J connectivity index is 1.97. The van der Waals surface area contributed by atoms with Crippen molar-refractivity contribution in [3.8, 4) is 0 Å². The van der Waals surface area contributed by atoms with Crippen molar-refractivity contribution in [3.63, 3.8) is 0 Å². The molecule has 1 saturated heterocycles. The predicted molar refractivity (Wildman–Crippen MR) is 86.5 cm³/mol. The Bertz CT molecular complexity index is 622. The first-order chi connectivity index (χ1) is 11.1. The van der Waals surface area contributed by atoms with Gasteiger partial charge in [-0.3, -0.25) is 9.59 Å². The van der Waals surface area contributed by atoms with Crippen LogP contribution in [0.15, 0.2) is 43.0 Å². The average molecular weight is 318 g/mol. The molecule has 2 N–H and O–H groups in total. The summed E-state index contributed by atoms with van der Waals surface area (Å²) >= 11 is 0. The van der Waals surface area contributed by atoms with Crippen molar-refractivity contribution >= 4 is 23.2 Å². The maximum absolute atomic E-state index is 13.6. The molecule has 2 rings (SSSR count). The number of carbonyl (C=O) groups excluding carboxylic acids is 2. The third kappa shape index (κ3) is 5.34. The van der Waals surface area contributed by atoms with Gasteiger partial charge in [0.25, 0.3) is 0 Å². The molecule has 0 bridgehead atoms. The number of amides is 2. The Morgan fingerprint density at radius 1 is 1.22 bits per heavy atom. The molecule has 0 aliphatic carbocycles. The number of allylic oxidation sites excluding steroid dienone is 1. The maximum atomic E-state index is 13.6. The van der Waals surface area contributed by atoms with Crippen LogP contribution in [0, 0.1) is 11.7 Å². The topological polar surface area (TPSA) is 67.4 Å². The summed E-state index contributed by atoms with van der Waals surface area (Å²) in [5.74, 6) is -1.07. The molecule has 0 spiro atoms. The van der Waals surface area contributed by atoms with Crippen molar-refractivity contribution in [3.05, 3.63) is 48.8 Å². The predicted octanol–water partition coefficient (Wildman–Crippen LogP) is 2.87. The monoisotopic (exact) mass is 318 g/mol. The van der Waals surface area contributed by atoms with E-state index in [2.05, 4.69) is 17.2 Å². The summed E-state index contributed by atoms with van der Waals surface area (Å²) in [6, 6.07) is 3.96. The maximum Gasteiger partial charge on any atom is 0.248 e. The van der Waals surface area contributed by atoms with E-state index in [1.807, 2.05) is 6.08 Å². The van der Waals surface area contributed by atoms with Gasteiger partial charge in [-0.1, -0.05) is 12.7 Å². The summed E-state index contributed by atoms with van der Waals surface area (Å²) in [4.78, 5) is 23.1. The Hall–Kier alpha value is -2.47. The van der Waals surface area contributed by atoms with E-state index in [0.29, 0.717) is 24.8 Å². The number of hydrogen-bond acceptors (Lipinski definition) is 3. The molecule has 5 nitrogen and oxygen atoms in total. The Morgan fingerprint density at radius 3 is 2.65 bits per heavy atom. The van der Waals surface area contributed by atoms with E-state index in [-0.39, 0.29) is 11.6 Å². The molecule has 1 fully saturated rings. The molecule has 0 aromatic heterocycles. The fourth-order valence-electron chi connectivity index (χ4n) is 2.20. The van der Waals surface area contributed by atoms with Crippen molar-refractivity contribution in [1.29, 1.82) is 0 Å². The van der Waals surface area contributed by atoms with Crippen molar-refractivity contribution in [2.24, 2.45) is 5.92 Å². The lowest BCUT2D eigenvalue weighted by Crippen LogP contribution is -2.15. The second-order valence-corrected chi connectivity index (χ2v) is 5.19. The molecule has 122 valence electrons. The van der Waals surface area contributed by atoms with Crippen LogP contribution in [-0.4, -0.2) is 25.0 Å². The zero-order chi connectivity index (χ0) is 16.7. The third-order valence-electron chi connectivity index (χ3n) is 3.46. The molecular weight excluding hydrogens is 299 g/mol.